The van der Waals surface area contributed by atoms with Gasteiger partial charge in [0.15, 0.2) is 0 Å². The van der Waals surface area contributed by atoms with Gasteiger partial charge in [-0.2, -0.15) is 16.9 Å². The van der Waals surface area contributed by atoms with Crippen LogP contribution in [-0.2, 0) is 13.6 Å². The van der Waals surface area contributed by atoms with Crippen LogP contribution < -0.4 is 5.32 Å². The first kappa shape index (κ1) is 11.6. The summed E-state index contributed by atoms with van der Waals surface area (Å²) in [5.41, 5.74) is 1.26. The molecule has 0 bridgehead atoms. The van der Waals surface area contributed by atoms with Crippen molar-refractivity contribution in [3.8, 4) is 0 Å². The van der Waals surface area contributed by atoms with E-state index < -0.39 is 0 Å². The van der Waals surface area contributed by atoms with Gasteiger partial charge in [-0.1, -0.05) is 6.92 Å². The summed E-state index contributed by atoms with van der Waals surface area (Å²) in [5.74, 6) is 2.49. The van der Waals surface area contributed by atoms with E-state index in [4.69, 9.17) is 0 Å². The highest BCUT2D eigenvalue weighted by Crippen LogP contribution is 2.00. The Morgan fingerprint density at radius 2 is 2.43 bits per heavy atom. The van der Waals surface area contributed by atoms with Crippen LogP contribution in [0.5, 0.6) is 0 Å². The summed E-state index contributed by atoms with van der Waals surface area (Å²) in [6, 6.07) is 0. The van der Waals surface area contributed by atoms with E-state index in [0.717, 1.165) is 13.1 Å². The molecule has 1 N–H and O–H groups in total. The van der Waals surface area contributed by atoms with Crippen LogP contribution in [-0.4, -0.2) is 27.8 Å². The van der Waals surface area contributed by atoms with Crippen molar-refractivity contribution in [2.45, 2.75) is 19.9 Å². The van der Waals surface area contributed by atoms with Gasteiger partial charge in [0, 0.05) is 25.4 Å². The van der Waals surface area contributed by atoms with E-state index in [1.807, 2.05) is 35.9 Å². The Balaban J connectivity index is 1.99. The number of aryl methyl sites for hydroxylation is 1. The average Bonchev–Trinajstić information content (AvgIpc) is 2.58. The molecule has 0 radical (unpaired) electrons. The highest BCUT2D eigenvalue weighted by Gasteiger charge is 1.94. The Morgan fingerprint density at radius 1 is 1.57 bits per heavy atom. The van der Waals surface area contributed by atoms with E-state index in [1.165, 1.54) is 23.5 Å². The lowest BCUT2D eigenvalue weighted by Gasteiger charge is -2.01. The molecule has 0 aliphatic carbocycles. The van der Waals surface area contributed by atoms with Gasteiger partial charge < -0.3 is 5.32 Å². The van der Waals surface area contributed by atoms with Crippen molar-refractivity contribution in [1.29, 1.82) is 0 Å². The van der Waals surface area contributed by atoms with Gasteiger partial charge in [-0.25, -0.2) is 0 Å². The maximum Gasteiger partial charge on any atom is 0.0534 e. The molecule has 1 aromatic rings. The Bertz CT molecular complexity index is 247. The first-order valence-corrected chi connectivity index (χ1v) is 6.24. The summed E-state index contributed by atoms with van der Waals surface area (Å²) in [7, 11) is 1.95. The SMILES string of the molecule is CCSCCCNCc1cnn(C)c1. The molecule has 0 aliphatic heterocycles. The van der Waals surface area contributed by atoms with E-state index in [1.54, 1.807) is 0 Å². The number of nitrogens with one attached hydrogen (secondary N) is 1. The van der Waals surface area contributed by atoms with Crippen molar-refractivity contribution in [2.24, 2.45) is 7.05 Å². The second-order valence-corrected chi connectivity index (χ2v) is 4.64. The van der Waals surface area contributed by atoms with Gasteiger partial charge in [-0.3, -0.25) is 4.68 Å². The topological polar surface area (TPSA) is 29.9 Å². The quantitative estimate of drug-likeness (QED) is 0.699. The van der Waals surface area contributed by atoms with Crippen molar-refractivity contribution in [2.75, 3.05) is 18.1 Å². The zero-order valence-electron chi connectivity index (χ0n) is 8.99. The summed E-state index contributed by atoms with van der Waals surface area (Å²) in [5, 5.41) is 7.52. The van der Waals surface area contributed by atoms with Crippen molar-refractivity contribution < 1.29 is 0 Å². The van der Waals surface area contributed by atoms with Crippen LogP contribution in [0.1, 0.15) is 18.9 Å². The molecule has 1 aromatic heterocycles. The van der Waals surface area contributed by atoms with Crippen molar-refractivity contribution in [3.63, 3.8) is 0 Å². The Morgan fingerprint density at radius 3 is 3.07 bits per heavy atom. The minimum absolute atomic E-state index is 0.935. The van der Waals surface area contributed by atoms with Crippen LogP contribution in [0.2, 0.25) is 0 Å². The molecule has 0 aromatic carbocycles. The van der Waals surface area contributed by atoms with E-state index in [-0.39, 0.29) is 0 Å². The minimum Gasteiger partial charge on any atom is -0.313 e. The molecule has 80 valence electrons. The Hall–Kier alpha value is -0.480. The van der Waals surface area contributed by atoms with Crippen molar-refractivity contribution in [1.82, 2.24) is 15.1 Å². The van der Waals surface area contributed by atoms with Crippen LogP contribution >= 0.6 is 11.8 Å². The number of nitrogens with zero attached hydrogens (tertiary/aromatic N) is 2. The van der Waals surface area contributed by atoms with Crippen LogP contribution in [0.25, 0.3) is 0 Å². The highest BCUT2D eigenvalue weighted by atomic mass is 32.2. The highest BCUT2D eigenvalue weighted by molar-refractivity contribution is 7.99. The third-order valence-corrected chi connectivity index (χ3v) is 2.92. The summed E-state index contributed by atoms with van der Waals surface area (Å²) in [6.45, 7) is 4.24. The molecule has 0 aliphatic rings. The molecule has 0 saturated heterocycles. The molecule has 0 saturated carbocycles. The summed E-state index contributed by atoms with van der Waals surface area (Å²) >= 11 is 2.00. The van der Waals surface area contributed by atoms with Crippen LogP contribution in [0.15, 0.2) is 12.4 Å². The van der Waals surface area contributed by atoms with E-state index in [2.05, 4.69) is 17.3 Å². The number of hydrogen-bond donors (Lipinski definition) is 1. The van der Waals surface area contributed by atoms with Gasteiger partial charge in [-0.05, 0) is 24.5 Å². The normalized spacial score (nSPS) is 10.7. The molecule has 1 heterocycles. The summed E-state index contributed by atoms with van der Waals surface area (Å²) < 4.78 is 1.84. The zero-order chi connectivity index (χ0) is 10.2. The fourth-order valence-electron chi connectivity index (χ4n) is 1.24. The lowest BCUT2D eigenvalue weighted by molar-refractivity contribution is 0.678. The molecule has 0 fully saturated rings. The van der Waals surface area contributed by atoms with Crippen LogP contribution in [0.4, 0.5) is 0 Å². The number of rotatable bonds is 7. The molecule has 1 rings (SSSR count). The molecule has 0 spiro atoms. The van der Waals surface area contributed by atoms with Gasteiger partial charge in [0.1, 0.15) is 0 Å². The standard InChI is InChI=1S/C10H19N3S/c1-3-14-6-4-5-11-7-10-8-12-13(2)9-10/h8-9,11H,3-7H2,1-2H3. The molecule has 0 amide bonds. The third kappa shape index (κ3) is 4.67. The summed E-state index contributed by atoms with van der Waals surface area (Å²) in [6.07, 6.45) is 5.21. The number of hydrogen-bond acceptors (Lipinski definition) is 3. The number of aromatic nitrogens is 2. The van der Waals surface area contributed by atoms with Gasteiger partial charge in [-0.15, -0.1) is 0 Å². The molecule has 4 heteroatoms. The predicted molar refractivity (Wildman–Crippen MR) is 62.5 cm³/mol. The first-order chi connectivity index (χ1) is 6.83. The van der Waals surface area contributed by atoms with Crippen molar-refractivity contribution >= 4 is 11.8 Å². The van der Waals surface area contributed by atoms with Gasteiger partial charge >= 0.3 is 0 Å². The lowest BCUT2D eigenvalue weighted by atomic mass is 10.3. The second-order valence-electron chi connectivity index (χ2n) is 3.25. The summed E-state index contributed by atoms with van der Waals surface area (Å²) in [4.78, 5) is 0. The van der Waals surface area contributed by atoms with Crippen LogP contribution in [0, 0.1) is 0 Å². The van der Waals surface area contributed by atoms with Crippen molar-refractivity contribution in [3.05, 3.63) is 18.0 Å². The van der Waals surface area contributed by atoms with Crippen LogP contribution in [0.3, 0.4) is 0 Å². The molecule has 14 heavy (non-hydrogen) atoms. The molecular formula is C10H19N3S. The molecule has 0 unspecified atom stereocenters. The Labute approximate surface area is 90.3 Å². The van der Waals surface area contributed by atoms with Gasteiger partial charge in [0.2, 0.25) is 0 Å². The number of thioether (sulfide) groups is 1. The average molecular weight is 213 g/mol. The minimum atomic E-state index is 0.935. The third-order valence-electron chi connectivity index (χ3n) is 1.93. The fourth-order valence-corrected chi connectivity index (χ4v) is 1.88. The van der Waals surface area contributed by atoms with Gasteiger partial charge in [0.25, 0.3) is 0 Å². The molecular weight excluding hydrogens is 194 g/mol. The lowest BCUT2D eigenvalue weighted by Crippen LogP contribution is -2.14. The smallest absolute Gasteiger partial charge is 0.0534 e. The molecule has 3 nitrogen and oxygen atoms in total. The maximum atomic E-state index is 4.12. The fraction of sp³-hybridized carbons (Fsp3) is 0.700. The Kier molecular flexibility index (Phi) is 5.71. The maximum absolute atomic E-state index is 4.12. The molecule has 0 atom stereocenters. The largest absolute Gasteiger partial charge is 0.313 e. The predicted octanol–water partition coefficient (Wildman–Crippen LogP) is 1.65. The second kappa shape index (κ2) is 6.90. The van der Waals surface area contributed by atoms with E-state index in [0.29, 0.717) is 0 Å². The van der Waals surface area contributed by atoms with E-state index in [9.17, 15) is 0 Å². The van der Waals surface area contributed by atoms with Gasteiger partial charge in [0.05, 0.1) is 6.20 Å². The zero-order valence-corrected chi connectivity index (χ0v) is 9.81. The monoisotopic (exact) mass is 213 g/mol. The van der Waals surface area contributed by atoms with E-state index >= 15 is 0 Å². The first-order valence-electron chi connectivity index (χ1n) is 5.09.